The molecule has 0 rings (SSSR count). The van der Waals surface area contributed by atoms with Crippen molar-refractivity contribution in [1.82, 2.24) is 0 Å². The highest BCUT2D eigenvalue weighted by Gasteiger charge is 2.04. The van der Waals surface area contributed by atoms with E-state index in [4.69, 9.17) is 0 Å². The third kappa shape index (κ3) is 3.12. The van der Waals surface area contributed by atoms with Gasteiger partial charge < -0.3 is 0 Å². The summed E-state index contributed by atoms with van der Waals surface area (Å²) in [7, 11) is 0. The Bertz CT molecular complexity index is 74.1. The third-order valence-corrected chi connectivity index (χ3v) is 2.44. The zero-order chi connectivity index (χ0) is 5.86. The highest BCUT2D eigenvalue weighted by molar-refractivity contribution is 9.10. The summed E-state index contributed by atoms with van der Waals surface area (Å²) >= 11 is 7.00. The number of Topliss-reactive ketones (excluding diaryl/α,β-unsaturated/α-hetero) is 1. The maximum absolute atomic E-state index is 10.3. The Hall–Kier alpha value is 0.500. The van der Waals surface area contributed by atoms with Gasteiger partial charge in [-0.15, -0.1) is 0 Å². The Morgan fingerprint density at radius 3 is 2.43 bits per heavy atom. The molecule has 0 aliphatic heterocycles. The Morgan fingerprint density at radius 1 is 2.00 bits per heavy atom. The summed E-state index contributed by atoms with van der Waals surface area (Å²) < 4.78 is 0. The Balaban J connectivity index is 3.34. The number of carbonyl (C=O) groups is 1. The van der Waals surface area contributed by atoms with Gasteiger partial charge in [-0.2, -0.15) is 12.6 Å². The van der Waals surface area contributed by atoms with Crippen molar-refractivity contribution in [2.75, 3.05) is 5.75 Å². The summed E-state index contributed by atoms with van der Waals surface area (Å²) in [6.45, 7) is 1.54. The SMILES string of the molecule is CC(=O)C(Br)CS. The van der Waals surface area contributed by atoms with E-state index < -0.39 is 0 Å². The lowest BCUT2D eigenvalue weighted by Crippen LogP contribution is -2.10. The minimum absolute atomic E-state index is 0.0594. The minimum Gasteiger partial charge on any atom is -0.299 e. The minimum atomic E-state index is -0.0594. The summed E-state index contributed by atoms with van der Waals surface area (Å²) in [6.07, 6.45) is 0. The molecule has 0 aromatic heterocycles. The fourth-order valence-corrected chi connectivity index (χ4v) is 0.386. The maximum Gasteiger partial charge on any atom is 0.144 e. The fraction of sp³-hybridized carbons (Fsp3) is 0.750. The van der Waals surface area contributed by atoms with E-state index in [-0.39, 0.29) is 10.6 Å². The second-order valence-electron chi connectivity index (χ2n) is 1.26. The lowest BCUT2D eigenvalue weighted by atomic mass is 10.3. The molecule has 0 saturated heterocycles. The molecular formula is C4H7BrOS. The van der Waals surface area contributed by atoms with Gasteiger partial charge in [-0.25, -0.2) is 0 Å². The zero-order valence-electron chi connectivity index (χ0n) is 4.02. The number of rotatable bonds is 2. The van der Waals surface area contributed by atoms with Crippen LogP contribution in [0, 0.1) is 0 Å². The van der Waals surface area contributed by atoms with E-state index in [1.165, 1.54) is 6.92 Å². The van der Waals surface area contributed by atoms with E-state index in [2.05, 4.69) is 28.6 Å². The van der Waals surface area contributed by atoms with Crippen molar-refractivity contribution in [3.05, 3.63) is 0 Å². The first-order chi connectivity index (χ1) is 3.18. The zero-order valence-corrected chi connectivity index (χ0v) is 6.50. The topological polar surface area (TPSA) is 17.1 Å². The van der Waals surface area contributed by atoms with Gasteiger partial charge in [0.15, 0.2) is 0 Å². The first kappa shape index (κ1) is 7.50. The molecule has 0 aromatic carbocycles. The monoisotopic (exact) mass is 182 g/mol. The van der Waals surface area contributed by atoms with Gasteiger partial charge in [-0.3, -0.25) is 4.79 Å². The highest BCUT2D eigenvalue weighted by Crippen LogP contribution is 2.01. The third-order valence-electron chi connectivity index (χ3n) is 0.601. The van der Waals surface area contributed by atoms with Crippen LogP contribution in [0.4, 0.5) is 0 Å². The van der Waals surface area contributed by atoms with E-state index in [0.29, 0.717) is 5.75 Å². The molecule has 0 aromatic rings. The van der Waals surface area contributed by atoms with Crippen LogP contribution in [0.1, 0.15) is 6.92 Å². The van der Waals surface area contributed by atoms with E-state index in [0.717, 1.165) is 0 Å². The van der Waals surface area contributed by atoms with Crippen LogP contribution in [0.2, 0.25) is 0 Å². The molecule has 0 fully saturated rings. The van der Waals surface area contributed by atoms with E-state index in [9.17, 15) is 4.79 Å². The Kier molecular flexibility index (Phi) is 3.75. The number of alkyl halides is 1. The van der Waals surface area contributed by atoms with Crippen LogP contribution in [0.25, 0.3) is 0 Å². The van der Waals surface area contributed by atoms with Crippen LogP contribution in [0.15, 0.2) is 0 Å². The molecule has 0 amide bonds. The second kappa shape index (κ2) is 3.50. The molecule has 0 saturated carbocycles. The van der Waals surface area contributed by atoms with E-state index >= 15 is 0 Å². The summed E-state index contributed by atoms with van der Waals surface area (Å²) in [5.74, 6) is 0.713. The van der Waals surface area contributed by atoms with Crippen molar-refractivity contribution in [2.24, 2.45) is 0 Å². The van der Waals surface area contributed by atoms with Gasteiger partial charge in [0.2, 0.25) is 0 Å². The average Bonchev–Trinajstić information content (AvgIpc) is 1.65. The molecule has 0 aliphatic carbocycles. The van der Waals surface area contributed by atoms with Crippen LogP contribution >= 0.6 is 28.6 Å². The molecule has 0 heterocycles. The van der Waals surface area contributed by atoms with Gasteiger partial charge in [0.25, 0.3) is 0 Å². The summed E-state index contributed by atoms with van der Waals surface area (Å²) in [4.78, 5) is 10.2. The van der Waals surface area contributed by atoms with Crippen LogP contribution in [0.5, 0.6) is 0 Å². The predicted octanol–water partition coefficient (Wildman–Crippen LogP) is 1.27. The molecule has 0 aliphatic rings. The fourth-order valence-electron chi connectivity index (χ4n) is 0.129. The van der Waals surface area contributed by atoms with Crippen molar-refractivity contribution in [1.29, 1.82) is 0 Å². The van der Waals surface area contributed by atoms with Gasteiger partial charge in [-0.1, -0.05) is 15.9 Å². The normalized spacial score (nSPS) is 13.6. The number of hydrogen-bond donors (Lipinski definition) is 1. The summed E-state index contributed by atoms with van der Waals surface area (Å²) in [5.41, 5.74) is 0. The molecule has 7 heavy (non-hydrogen) atoms. The van der Waals surface area contributed by atoms with Gasteiger partial charge in [0.05, 0.1) is 4.83 Å². The number of thiol groups is 1. The molecule has 0 N–H and O–H groups in total. The van der Waals surface area contributed by atoms with Crippen molar-refractivity contribution in [3.63, 3.8) is 0 Å². The van der Waals surface area contributed by atoms with Gasteiger partial charge >= 0.3 is 0 Å². The van der Waals surface area contributed by atoms with Crippen molar-refractivity contribution >= 4 is 34.3 Å². The molecule has 0 bridgehead atoms. The maximum atomic E-state index is 10.3. The van der Waals surface area contributed by atoms with E-state index in [1.54, 1.807) is 0 Å². The summed E-state index contributed by atoms with van der Waals surface area (Å²) in [5, 5.41) is 0. The first-order valence-corrected chi connectivity index (χ1v) is 3.48. The van der Waals surface area contributed by atoms with Crippen LogP contribution in [-0.4, -0.2) is 16.4 Å². The standard InChI is InChI=1S/C4H7BrOS/c1-3(6)4(5)2-7/h4,7H,2H2,1H3. The molecule has 0 radical (unpaired) electrons. The Morgan fingerprint density at radius 2 is 2.43 bits per heavy atom. The Labute approximate surface area is 57.0 Å². The highest BCUT2D eigenvalue weighted by atomic mass is 79.9. The second-order valence-corrected chi connectivity index (χ2v) is 2.73. The largest absolute Gasteiger partial charge is 0.299 e. The molecule has 1 unspecified atom stereocenters. The van der Waals surface area contributed by atoms with Crippen LogP contribution in [-0.2, 0) is 4.79 Å². The van der Waals surface area contributed by atoms with Crippen LogP contribution in [0.3, 0.4) is 0 Å². The van der Waals surface area contributed by atoms with Gasteiger partial charge in [0.1, 0.15) is 5.78 Å². The quantitative estimate of drug-likeness (QED) is 0.503. The smallest absolute Gasteiger partial charge is 0.144 e. The molecular weight excluding hydrogens is 176 g/mol. The molecule has 1 atom stereocenters. The summed E-state index contributed by atoms with van der Waals surface area (Å²) in [6, 6.07) is 0. The van der Waals surface area contributed by atoms with Gasteiger partial charge in [-0.05, 0) is 6.92 Å². The number of hydrogen-bond acceptors (Lipinski definition) is 2. The van der Waals surface area contributed by atoms with Crippen LogP contribution < -0.4 is 0 Å². The first-order valence-electron chi connectivity index (χ1n) is 1.94. The number of halogens is 1. The van der Waals surface area contributed by atoms with Crippen molar-refractivity contribution in [3.8, 4) is 0 Å². The van der Waals surface area contributed by atoms with Gasteiger partial charge in [0, 0.05) is 5.75 Å². The van der Waals surface area contributed by atoms with Crippen molar-refractivity contribution < 1.29 is 4.79 Å². The molecule has 42 valence electrons. The van der Waals surface area contributed by atoms with E-state index in [1.807, 2.05) is 0 Å². The lowest BCUT2D eigenvalue weighted by Gasteiger charge is -1.95. The number of carbonyl (C=O) groups excluding carboxylic acids is 1. The molecule has 0 spiro atoms. The average molecular weight is 183 g/mol. The lowest BCUT2D eigenvalue weighted by molar-refractivity contribution is -0.116. The number of ketones is 1. The van der Waals surface area contributed by atoms with Crippen molar-refractivity contribution in [2.45, 2.75) is 11.8 Å². The molecule has 1 nitrogen and oxygen atoms in total. The molecule has 3 heteroatoms. The predicted molar refractivity (Wildman–Crippen MR) is 37.2 cm³/mol.